The van der Waals surface area contributed by atoms with Crippen LogP contribution in [0.4, 0.5) is 17.1 Å². The Kier molecular flexibility index (Phi) is 12.0. The molecule has 1 nitrogen and oxygen atoms in total. The van der Waals surface area contributed by atoms with Crippen LogP contribution in [-0.4, -0.2) is 0 Å². The van der Waals surface area contributed by atoms with E-state index in [1.807, 2.05) is 0 Å². The summed E-state index contributed by atoms with van der Waals surface area (Å²) in [6.07, 6.45) is 0. The first-order valence-corrected chi connectivity index (χ1v) is 28.2. The molecule has 0 aromatic heterocycles. The highest BCUT2D eigenvalue weighted by molar-refractivity contribution is 5.87. The number of hydrogen-bond acceptors (Lipinski definition) is 1. The van der Waals surface area contributed by atoms with Crippen molar-refractivity contribution in [1.29, 1.82) is 0 Å². The zero-order chi connectivity index (χ0) is 54.0. The van der Waals surface area contributed by atoms with Crippen LogP contribution >= 0.6 is 0 Å². The van der Waals surface area contributed by atoms with Crippen LogP contribution in [0, 0.1) is 0 Å². The number of rotatable bonds is 11. The number of nitrogens with zero attached hydrogens (tertiary/aromatic N) is 1. The van der Waals surface area contributed by atoms with Crippen LogP contribution in [0.2, 0.25) is 0 Å². The van der Waals surface area contributed by atoms with Crippen molar-refractivity contribution in [3.05, 3.63) is 330 Å². The van der Waals surface area contributed by atoms with Crippen molar-refractivity contribution < 1.29 is 0 Å². The Morgan fingerprint density at radius 2 is 0.537 bits per heavy atom. The van der Waals surface area contributed by atoms with Crippen molar-refractivity contribution in [2.45, 2.75) is 44.4 Å². The normalized spacial score (nSPS) is 13.7. The highest BCUT2D eigenvalue weighted by Gasteiger charge is 2.37. The van der Waals surface area contributed by atoms with Crippen molar-refractivity contribution >= 4 is 17.1 Å². The van der Waals surface area contributed by atoms with Gasteiger partial charge in [0.2, 0.25) is 0 Å². The van der Waals surface area contributed by atoms with Gasteiger partial charge in [-0.05, 0) is 165 Å². The summed E-state index contributed by atoms with van der Waals surface area (Å²) in [5, 5.41) is 0. The number of benzene rings is 12. The van der Waals surface area contributed by atoms with Gasteiger partial charge in [-0.15, -0.1) is 0 Å². The lowest BCUT2D eigenvalue weighted by molar-refractivity contribution is 0.659. The molecule has 1 heteroatoms. The summed E-state index contributed by atoms with van der Waals surface area (Å²) >= 11 is 0. The van der Waals surface area contributed by atoms with Gasteiger partial charge in [-0.25, -0.2) is 0 Å². The van der Waals surface area contributed by atoms with Gasteiger partial charge in [0, 0.05) is 33.8 Å². The zero-order valence-electron chi connectivity index (χ0n) is 45.7. The molecule has 2 aliphatic rings. The van der Waals surface area contributed by atoms with E-state index in [9.17, 15) is 0 Å². The Balaban J connectivity index is 0.762. The zero-order valence-corrected chi connectivity index (χ0v) is 45.7. The molecule has 0 saturated carbocycles. The van der Waals surface area contributed by atoms with E-state index in [-0.39, 0.29) is 16.7 Å². The van der Waals surface area contributed by atoms with E-state index >= 15 is 0 Å². The molecule has 14 rings (SSSR count). The van der Waals surface area contributed by atoms with Crippen LogP contribution in [-0.2, 0) is 10.8 Å². The minimum atomic E-state index is -0.111. The Morgan fingerprint density at radius 3 is 1.00 bits per heavy atom. The molecule has 0 spiro atoms. The van der Waals surface area contributed by atoms with Gasteiger partial charge in [0.15, 0.2) is 0 Å². The van der Waals surface area contributed by atoms with E-state index in [4.69, 9.17) is 0 Å². The Bertz CT molecular complexity index is 3960. The number of hydrogen-bond donors (Lipinski definition) is 0. The maximum atomic E-state index is 2.49. The molecule has 0 N–H and O–H groups in total. The quantitative estimate of drug-likeness (QED) is 0.117. The lowest BCUT2D eigenvalue weighted by Gasteiger charge is -2.28. The molecule has 0 bridgehead atoms. The molecule has 0 heterocycles. The maximum absolute atomic E-state index is 2.49. The minimum absolute atomic E-state index is 0.0567. The molecule has 0 amide bonds. The molecule has 1 unspecified atom stereocenters. The van der Waals surface area contributed by atoms with Gasteiger partial charge < -0.3 is 4.90 Å². The van der Waals surface area contributed by atoms with E-state index in [2.05, 4.69) is 324 Å². The summed E-state index contributed by atoms with van der Waals surface area (Å²) < 4.78 is 0. The van der Waals surface area contributed by atoms with Gasteiger partial charge >= 0.3 is 0 Å². The van der Waals surface area contributed by atoms with E-state index < -0.39 is 0 Å². The number of anilines is 3. The smallest absolute Gasteiger partial charge is 0.0465 e. The molecule has 80 heavy (non-hydrogen) atoms. The Labute approximate surface area is 471 Å². The fourth-order valence-corrected chi connectivity index (χ4v) is 13.1. The summed E-state index contributed by atoms with van der Waals surface area (Å²) in [5.41, 5.74) is 29.9. The average Bonchev–Trinajstić information content (AvgIpc) is 3.98. The van der Waals surface area contributed by atoms with Crippen LogP contribution in [0.3, 0.4) is 0 Å². The highest BCUT2D eigenvalue weighted by Crippen LogP contribution is 2.52. The topological polar surface area (TPSA) is 3.24 Å². The van der Waals surface area contributed by atoms with Gasteiger partial charge in [-0.2, -0.15) is 0 Å². The molecule has 1 atom stereocenters. The third-order valence-corrected chi connectivity index (χ3v) is 17.4. The van der Waals surface area contributed by atoms with E-state index in [1.165, 1.54) is 117 Å². The maximum Gasteiger partial charge on any atom is 0.0465 e. The third-order valence-electron chi connectivity index (χ3n) is 17.4. The highest BCUT2D eigenvalue weighted by atomic mass is 15.1. The monoisotopic (exact) mass is 1020 g/mol. The predicted molar refractivity (Wildman–Crippen MR) is 337 cm³/mol. The average molecular weight is 1020 g/mol. The second-order valence-electron chi connectivity index (χ2n) is 22.9. The Morgan fingerprint density at radius 1 is 0.225 bits per heavy atom. The molecule has 0 fully saturated rings. The SMILES string of the molecule is CC1(C)c2ccccc2-c2ccc(C(c3ccc(-c4ccccc4)cc3)c3ccc(-c4cccc(-c5cccc(-c6ccc(N(c7ccc(-c8ccccc8)cc7)c7ccc8c(c7)C(C)(C)c7ccccc7-8)cc6)c5)c4)cc3)cc21. The molecule has 382 valence electrons. The van der Waals surface area contributed by atoms with Gasteiger partial charge in [0.05, 0.1) is 0 Å². The first-order chi connectivity index (χ1) is 39.2. The molecule has 2 aliphatic carbocycles. The van der Waals surface area contributed by atoms with Crippen molar-refractivity contribution in [2.24, 2.45) is 0 Å². The van der Waals surface area contributed by atoms with Crippen molar-refractivity contribution in [3.63, 3.8) is 0 Å². The summed E-state index contributed by atoms with van der Waals surface area (Å²) in [6, 6.07) is 108. The molecule has 0 aliphatic heterocycles. The first kappa shape index (κ1) is 48.8. The molecule has 12 aromatic rings. The molecule has 0 radical (unpaired) electrons. The summed E-state index contributed by atoms with van der Waals surface area (Å²) in [6.45, 7) is 9.46. The van der Waals surface area contributed by atoms with Gasteiger partial charge in [0.25, 0.3) is 0 Å². The Hall–Kier alpha value is -9.56. The van der Waals surface area contributed by atoms with Crippen molar-refractivity contribution in [2.75, 3.05) is 4.90 Å². The van der Waals surface area contributed by atoms with Crippen LogP contribution in [0.5, 0.6) is 0 Å². The number of fused-ring (bicyclic) bond motifs is 6. The van der Waals surface area contributed by atoms with E-state index in [0.717, 1.165) is 17.1 Å². The van der Waals surface area contributed by atoms with E-state index in [1.54, 1.807) is 0 Å². The van der Waals surface area contributed by atoms with E-state index in [0.29, 0.717) is 0 Å². The molecule has 12 aromatic carbocycles. The van der Waals surface area contributed by atoms with Gasteiger partial charge in [-0.3, -0.25) is 0 Å². The van der Waals surface area contributed by atoms with Crippen molar-refractivity contribution in [3.8, 4) is 77.9 Å². The summed E-state index contributed by atoms with van der Waals surface area (Å²) in [5.74, 6) is 0.0567. The molecule has 0 saturated heterocycles. The van der Waals surface area contributed by atoms with Gasteiger partial charge in [0.1, 0.15) is 0 Å². The van der Waals surface area contributed by atoms with Crippen LogP contribution < -0.4 is 4.90 Å². The van der Waals surface area contributed by atoms with Crippen molar-refractivity contribution in [1.82, 2.24) is 0 Å². The summed E-state index contributed by atoms with van der Waals surface area (Å²) in [7, 11) is 0. The lowest BCUT2D eigenvalue weighted by Crippen LogP contribution is -2.16. The fraction of sp³-hybridized carbons (Fsp3) is 0.0886. The first-order valence-electron chi connectivity index (χ1n) is 28.2. The van der Waals surface area contributed by atoms with Crippen LogP contribution in [0.15, 0.2) is 291 Å². The minimum Gasteiger partial charge on any atom is -0.310 e. The second-order valence-corrected chi connectivity index (χ2v) is 22.9. The largest absolute Gasteiger partial charge is 0.310 e. The predicted octanol–water partition coefficient (Wildman–Crippen LogP) is 21.3. The lowest BCUT2D eigenvalue weighted by atomic mass is 9.79. The molecular formula is C79H61N. The standard InChI is InChI=1S/C79H61N/c1-78(2)73-27-13-11-25-69(73)71-47-41-65(51-75(71)78)77(59-33-29-55(30-34-59)53-17-7-5-8-18-53)60-35-31-57(32-36-60)61-21-15-23-63(49-61)64-24-16-22-62(50-64)58-39-44-67(45-40-58)80(66-42-37-56(38-43-66)54-19-9-6-10-20-54)68-46-48-72-70-26-12-14-28-74(70)79(3,4)76(72)52-68/h5-52,77H,1-4H3. The third kappa shape index (κ3) is 8.58. The fourth-order valence-electron chi connectivity index (χ4n) is 13.1. The van der Waals surface area contributed by atoms with Crippen LogP contribution in [0.25, 0.3) is 77.9 Å². The molecular weight excluding hydrogens is 963 g/mol. The van der Waals surface area contributed by atoms with Crippen LogP contribution in [0.1, 0.15) is 72.6 Å². The summed E-state index contributed by atoms with van der Waals surface area (Å²) in [4.78, 5) is 2.41. The van der Waals surface area contributed by atoms with Gasteiger partial charge in [-0.1, -0.05) is 270 Å². The second kappa shape index (κ2) is 19.7.